The van der Waals surface area contributed by atoms with Gasteiger partial charge in [-0.15, -0.1) is 0 Å². The van der Waals surface area contributed by atoms with Gasteiger partial charge in [0.1, 0.15) is 0 Å². The first-order valence-corrected chi connectivity index (χ1v) is 8.91. The van der Waals surface area contributed by atoms with Gasteiger partial charge in [0.2, 0.25) is 15.9 Å². The summed E-state index contributed by atoms with van der Waals surface area (Å²) in [5.74, 6) is -0.0519. The van der Waals surface area contributed by atoms with E-state index < -0.39 is 10.0 Å². The molecule has 3 atom stereocenters. The highest BCUT2D eigenvalue weighted by molar-refractivity contribution is 7.89. The highest BCUT2D eigenvalue weighted by atomic mass is 32.2. The number of hydrogen-bond donors (Lipinski definition) is 3. The molecule has 3 unspecified atom stereocenters. The molecule has 1 aromatic carbocycles. The maximum Gasteiger partial charge on any atom is 0.240 e. The molecule has 0 radical (unpaired) electrons. The van der Waals surface area contributed by atoms with E-state index in [0.717, 1.165) is 18.4 Å². The van der Waals surface area contributed by atoms with Crippen LogP contribution >= 0.6 is 0 Å². The van der Waals surface area contributed by atoms with Crippen LogP contribution in [0.4, 0.5) is 0 Å². The number of carbonyl (C=O) groups is 1. The molecule has 6 nitrogen and oxygen atoms in total. The predicted molar refractivity (Wildman–Crippen MR) is 84.6 cm³/mol. The van der Waals surface area contributed by atoms with Crippen molar-refractivity contribution in [1.82, 2.24) is 10.0 Å². The second-order valence-electron chi connectivity index (χ2n) is 5.78. The molecular formula is C15H23N3O3S. The standard InChI is InChI=1S/C15H23N3O3S/c1-10(18-15(19)12-6-7-13(16)8-12)11-4-3-5-14(9-11)22(20,21)17-2/h3-5,9-10,12-13,17H,6-8,16H2,1-2H3,(H,18,19). The van der Waals surface area contributed by atoms with Crippen molar-refractivity contribution in [2.45, 2.75) is 43.2 Å². The number of carbonyl (C=O) groups excluding carboxylic acids is 1. The quantitative estimate of drug-likeness (QED) is 0.748. The maximum absolute atomic E-state index is 12.2. The van der Waals surface area contributed by atoms with Crippen molar-refractivity contribution in [2.24, 2.45) is 11.7 Å². The third kappa shape index (κ3) is 3.85. The lowest BCUT2D eigenvalue weighted by atomic mass is 10.0. The first kappa shape index (κ1) is 16.9. The molecule has 22 heavy (non-hydrogen) atoms. The second-order valence-corrected chi connectivity index (χ2v) is 7.67. The van der Waals surface area contributed by atoms with E-state index in [9.17, 15) is 13.2 Å². The zero-order chi connectivity index (χ0) is 16.3. The third-order valence-electron chi connectivity index (χ3n) is 4.14. The lowest BCUT2D eigenvalue weighted by Crippen LogP contribution is -2.32. The molecule has 122 valence electrons. The Hall–Kier alpha value is -1.44. The average molecular weight is 325 g/mol. The van der Waals surface area contributed by atoms with Crippen LogP contribution in [-0.2, 0) is 14.8 Å². The molecule has 1 saturated carbocycles. The topological polar surface area (TPSA) is 101 Å². The number of hydrogen-bond acceptors (Lipinski definition) is 4. The summed E-state index contributed by atoms with van der Waals surface area (Å²) in [6.45, 7) is 1.85. The molecule has 1 fully saturated rings. The van der Waals surface area contributed by atoms with Crippen molar-refractivity contribution in [3.8, 4) is 0 Å². The van der Waals surface area contributed by atoms with Crippen molar-refractivity contribution in [1.29, 1.82) is 0 Å². The monoisotopic (exact) mass is 325 g/mol. The Labute approximate surface area is 131 Å². The molecule has 1 aliphatic rings. The van der Waals surface area contributed by atoms with Gasteiger partial charge in [-0.1, -0.05) is 12.1 Å². The van der Waals surface area contributed by atoms with Gasteiger partial charge in [0.15, 0.2) is 0 Å². The van der Waals surface area contributed by atoms with Crippen LogP contribution in [0.2, 0.25) is 0 Å². The zero-order valence-corrected chi connectivity index (χ0v) is 13.7. The van der Waals surface area contributed by atoms with E-state index in [1.165, 1.54) is 13.1 Å². The highest BCUT2D eigenvalue weighted by Gasteiger charge is 2.28. The van der Waals surface area contributed by atoms with Crippen LogP contribution in [0.25, 0.3) is 0 Å². The fourth-order valence-electron chi connectivity index (χ4n) is 2.74. The van der Waals surface area contributed by atoms with Crippen LogP contribution in [-0.4, -0.2) is 27.4 Å². The first-order valence-electron chi connectivity index (χ1n) is 7.43. The van der Waals surface area contributed by atoms with Crippen molar-refractivity contribution in [3.63, 3.8) is 0 Å². The van der Waals surface area contributed by atoms with Gasteiger partial charge in [-0.05, 0) is 50.9 Å². The molecule has 0 spiro atoms. The smallest absolute Gasteiger partial charge is 0.240 e. The molecule has 1 amide bonds. The Kier molecular flexibility index (Phi) is 5.20. The molecular weight excluding hydrogens is 302 g/mol. The van der Waals surface area contributed by atoms with E-state index >= 15 is 0 Å². The summed E-state index contributed by atoms with van der Waals surface area (Å²) in [4.78, 5) is 12.4. The Balaban J connectivity index is 2.08. The molecule has 7 heteroatoms. The van der Waals surface area contributed by atoms with E-state index in [0.29, 0.717) is 6.42 Å². The summed E-state index contributed by atoms with van der Waals surface area (Å²) in [6.07, 6.45) is 2.41. The van der Waals surface area contributed by atoms with E-state index in [4.69, 9.17) is 5.73 Å². The van der Waals surface area contributed by atoms with Crippen molar-refractivity contribution >= 4 is 15.9 Å². The van der Waals surface area contributed by atoms with Gasteiger partial charge >= 0.3 is 0 Å². The molecule has 4 N–H and O–H groups in total. The summed E-state index contributed by atoms with van der Waals surface area (Å²) in [7, 11) is -2.11. The number of amides is 1. The molecule has 0 heterocycles. The summed E-state index contributed by atoms with van der Waals surface area (Å²) in [5, 5.41) is 2.95. The van der Waals surface area contributed by atoms with E-state index in [-0.39, 0.29) is 28.8 Å². The lowest BCUT2D eigenvalue weighted by Gasteiger charge is -2.18. The van der Waals surface area contributed by atoms with Crippen LogP contribution in [0.5, 0.6) is 0 Å². The Morgan fingerprint density at radius 1 is 1.36 bits per heavy atom. The molecule has 2 rings (SSSR count). The minimum Gasteiger partial charge on any atom is -0.349 e. The van der Waals surface area contributed by atoms with Crippen molar-refractivity contribution in [3.05, 3.63) is 29.8 Å². The Morgan fingerprint density at radius 3 is 2.68 bits per heavy atom. The molecule has 0 saturated heterocycles. The van der Waals surface area contributed by atoms with Crippen LogP contribution in [0.15, 0.2) is 29.2 Å². The molecule has 0 aliphatic heterocycles. The van der Waals surface area contributed by atoms with Crippen molar-refractivity contribution < 1.29 is 13.2 Å². The molecule has 1 aromatic rings. The number of sulfonamides is 1. The zero-order valence-electron chi connectivity index (χ0n) is 12.9. The van der Waals surface area contributed by atoms with Crippen LogP contribution in [0.1, 0.15) is 37.8 Å². The van der Waals surface area contributed by atoms with Gasteiger partial charge in [-0.2, -0.15) is 0 Å². The van der Waals surface area contributed by atoms with Crippen molar-refractivity contribution in [2.75, 3.05) is 7.05 Å². The normalized spacial score (nSPS) is 23.2. The molecule has 1 aliphatic carbocycles. The van der Waals surface area contributed by atoms with Crippen LogP contribution in [0, 0.1) is 5.92 Å². The Morgan fingerprint density at radius 2 is 2.09 bits per heavy atom. The third-order valence-corrected chi connectivity index (χ3v) is 5.55. The van der Waals surface area contributed by atoms with Gasteiger partial charge in [-0.3, -0.25) is 4.79 Å². The predicted octanol–water partition coefficient (Wildman–Crippen LogP) is 0.899. The average Bonchev–Trinajstić information content (AvgIpc) is 2.94. The van der Waals surface area contributed by atoms with Gasteiger partial charge in [-0.25, -0.2) is 13.1 Å². The van der Waals surface area contributed by atoms with Gasteiger partial charge in [0.05, 0.1) is 10.9 Å². The highest BCUT2D eigenvalue weighted by Crippen LogP contribution is 2.25. The SMILES string of the molecule is CNS(=O)(=O)c1cccc(C(C)NC(=O)C2CCC(N)C2)c1. The lowest BCUT2D eigenvalue weighted by molar-refractivity contribution is -0.125. The minimum atomic E-state index is -3.48. The summed E-state index contributed by atoms with van der Waals surface area (Å²) in [5.41, 5.74) is 6.59. The van der Waals surface area contributed by atoms with Gasteiger partial charge in [0, 0.05) is 12.0 Å². The van der Waals surface area contributed by atoms with Gasteiger partial charge in [0.25, 0.3) is 0 Å². The molecule has 0 bridgehead atoms. The first-order chi connectivity index (χ1) is 10.3. The largest absolute Gasteiger partial charge is 0.349 e. The fourth-order valence-corrected chi connectivity index (χ4v) is 3.52. The van der Waals surface area contributed by atoms with Crippen LogP contribution < -0.4 is 15.8 Å². The summed E-state index contributed by atoms with van der Waals surface area (Å²) in [6, 6.07) is 6.44. The summed E-state index contributed by atoms with van der Waals surface area (Å²) < 4.78 is 25.9. The molecule has 0 aromatic heterocycles. The minimum absolute atomic E-state index is 0.0117. The number of benzene rings is 1. The van der Waals surface area contributed by atoms with E-state index in [1.807, 2.05) is 6.92 Å². The second kappa shape index (κ2) is 6.76. The number of rotatable bonds is 5. The summed E-state index contributed by atoms with van der Waals surface area (Å²) >= 11 is 0. The Bertz CT molecular complexity index is 645. The van der Waals surface area contributed by atoms with E-state index in [1.54, 1.807) is 18.2 Å². The number of nitrogens with one attached hydrogen (secondary N) is 2. The fraction of sp³-hybridized carbons (Fsp3) is 0.533. The van der Waals surface area contributed by atoms with E-state index in [2.05, 4.69) is 10.0 Å². The van der Waals surface area contributed by atoms with Crippen LogP contribution in [0.3, 0.4) is 0 Å². The number of nitrogens with two attached hydrogens (primary N) is 1. The maximum atomic E-state index is 12.2. The van der Waals surface area contributed by atoms with Gasteiger partial charge < -0.3 is 11.1 Å².